The number of halogens is 1. The molecule has 2 N–H and O–H groups in total. The quantitative estimate of drug-likeness (QED) is 0.638. The number of aromatic hydroxyl groups is 1. The highest BCUT2D eigenvalue weighted by Crippen LogP contribution is 2.22. The number of nitrogens with zero attached hydrogens (tertiary/aromatic N) is 1. The third-order valence-electron chi connectivity index (χ3n) is 3.05. The maximum atomic E-state index is 12.2. The lowest BCUT2D eigenvalue weighted by Crippen LogP contribution is -2.20. The van der Waals surface area contributed by atoms with Crippen molar-refractivity contribution in [1.29, 1.82) is 0 Å². The lowest BCUT2D eigenvalue weighted by Gasteiger charge is -2.07. The Morgan fingerprint density at radius 3 is 2.48 bits per heavy atom. The molecule has 8 heteroatoms. The predicted octanol–water partition coefficient (Wildman–Crippen LogP) is 2.76. The van der Waals surface area contributed by atoms with Crippen LogP contribution in [0.4, 0.5) is 0 Å². The second-order valence-electron chi connectivity index (χ2n) is 4.63. The van der Waals surface area contributed by atoms with Crippen LogP contribution in [-0.4, -0.2) is 26.3 Å². The minimum atomic E-state index is -3.82. The molecule has 0 atom stereocenters. The molecule has 0 saturated heterocycles. The van der Waals surface area contributed by atoms with Gasteiger partial charge in [-0.25, -0.2) is 0 Å². The number of phenols is 1. The van der Waals surface area contributed by atoms with Gasteiger partial charge >= 0.3 is 0 Å². The van der Waals surface area contributed by atoms with E-state index in [1.165, 1.54) is 49.6 Å². The van der Waals surface area contributed by atoms with Crippen LogP contribution in [0.1, 0.15) is 12.5 Å². The summed E-state index contributed by atoms with van der Waals surface area (Å²) in [6, 6.07) is 10.3. The second kappa shape index (κ2) is 6.89. The number of hydrogen-bond donors (Lipinski definition) is 2. The normalized spacial score (nSPS) is 12.0. The number of hydrogen-bond acceptors (Lipinski definition) is 5. The Labute approximate surface area is 139 Å². The van der Waals surface area contributed by atoms with Crippen LogP contribution in [0.5, 0.6) is 11.5 Å². The van der Waals surface area contributed by atoms with Gasteiger partial charge in [0.1, 0.15) is 11.5 Å². The fraction of sp³-hybridized carbons (Fsp3) is 0.133. The highest BCUT2D eigenvalue weighted by Gasteiger charge is 2.14. The van der Waals surface area contributed by atoms with E-state index in [1.54, 1.807) is 6.92 Å². The number of benzene rings is 2. The predicted molar refractivity (Wildman–Crippen MR) is 88.6 cm³/mol. The SMILES string of the molecule is COc1ccc(S(=O)(=O)N/N=C(/C)c2cc(Cl)ccc2O)cc1. The molecule has 0 spiro atoms. The van der Waals surface area contributed by atoms with Gasteiger partial charge in [0.15, 0.2) is 0 Å². The molecule has 6 nitrogen and oxygen atoms in total. The van der Waals surface area contributed by atoms with Crippen LogP contribution in [0.25, 0.3) is 0 Å². The summed E-state index contributed by atoms with van der Waals surface area (Å²) >= 11 is 5.86. The van der Waals surface area contributed by atoms with E-state index in [0.717, 1.165) is 0 Å². The number of hydrazone groups is 1. The van der Waals surface area contributed by atoms with Crippen molar-refractivity contribution in [3.05, 3.63) is 53.1 Å². The molecule has 2 aromatic rings. The molecule has 0 saturated carbocycles. The molecule has 23 heavy (non-hydrogen) atoms. The van der Waals surface area contributed by atoms with Gasteiger partial charge in [-0.2, -0.15) is 18.4 Å². The first-order valence-corrected chi connectivity index (χ1v) is 8.38. The van der Waals surface area contributed by atoms with Crippen LogP contribution in [0.15, 0.2) is 52.5 Å². The fourth-order valence-electron chi connectivity index (χ4n) is 1.79. The van der Waals surface area contributed by atoms with Crippen molar-refractivity contribution >= 4 is 27.3 Å². The fourth-order valence-corrected chi connectivity index (χ4v) is 2.82. The Hall–Kier alpha value is -2.25. The average molecular weight is 355 g/mol. The zero-order valence-corrected chi connectivity index (χ0v) is 14.0. The van der Waals surface area contributed by atoms with Crippen LogP contribution >= 0.6 is 11.6 Å². The monoisotopic (exact) mass is 354 g/mol. The molecule has 0 bridgehead atoms. The van der Waals surface area contributed by atoms with E-state index in [4.69, 9.17) is 16.3 Å². The summed E-state index contributed by atoms with van der Waals surface area (Å²) in [5.74, 6) is 0.506. The number of sulfonamides is 1. The maximum Gasteiger partial charge on any atom is 0.276 e. The third-order valence-corrected chi connectivity index (χ3v) is 4.51. The highest BCUT2D eigenvalue weighted by atomic mass is 35.5. The van der Waals surface area contributed by atoms with Gasteiger partial charge in [0, 0.05) is 10.6 Å². The van der Waals surface area contributed by atoms with E-state index in [-0.39, 0.29) is 16.4 Å². The van der Waals surface area contributed by atoms with Crippen LogP contribution < -0.4 is 9.57 Å². The van der Waals surface area contributed by atoms with Crippen LogP contribution in [0, 0.1) is 0 Å². The molecular formula is C15H15ClN2O4S. The number of methoxy groups -OCH3 is 1. The van der Waals surface area contributed by atoms with E-state index in [2.05, 4.69) is 9.93 Å². The zero-order chi connectivity index (χ0) is 17.0. The second-order valence-corrected chi connectivity index (χ2v) is 6.73. The molecule has 0 radical (unpaired) electrons. The van der Waals surface area contributed by atoms with Gasteiger partial charge in [-0.05, 0) is 49.4 Å². The molecule has 2 aromatic carbocycles. The molecule has 122 valence electrons. The number of ether oxygens (including phenoxy) is 1. The molecule has 0 fully saturated rings. The summed E-state index contributed by atoms with van der Waals surface area (Å²) in [5, 5.41) is 14.0. The van der Waals surface area contributed by atoms with E-state index in [0.29, 0.717) is 16.3 Å². The molecule has 0 aliphatic carbocycles. The van der Waals surface area contributed by atoms with Gasteiger partial charge < -0.3 is 9.84 Å². The summed E-state index contributed by atoms with van der Waals surface area (Å²) in [4.78, 5) is 2.17. The van der Waals surface area contributed by atoms with Crippen molar-refractivity contribution in [2.45, 2.75) is 11.8 Å². The Kier molecular flexibility index (Phi) is 5.12. The summed E-state index contributed by atoms with van der Waals surface area (Å²) in [7, 11) is -2.33. The van der Waals surface area contributed by atoms with E-state index in [9.17, 15) is 13.5 Å². The lowest BCUT2D eigenvalue weighted by atomic mass is 10.1. The van der Waals surface area contributed by atoms with E-state index >= 15 is 0 Å². The summed E-state index contributed by atoms with van der Waals surface area (Å²) in [6.07, 6.45) is 0. The van der Waals surface area contributed by atoms with Gasteiger partial charge in [0.2, 0.25) is 0 Å². The molecule has 2 rings (SSSR count). The van der Waals surface area contributed by atoms with Crippen molar-refractivity contribution < 1.29 is 18.3 Å². The topological polar surface area (TPSA) is 88.0 Å². The molecule has 0 aliphatic rings. The Morgan fingerprint density at radius 2 is 1.87 bits per heavy atom. The van der Waals surface area contributed by atoms with Crippen molar-refractivity contribution in [3.8, 4) is 11.5 Å². The number of rotatable bonds is 5. The van der Waals surface area contributed by atoms with Crippen molar-refractivity contribution in [1.82, 2.24) is 4.83 Å². The minimum Gasteiger partial charge on any atom is -0.507 e. The van der Waals surface area contributed by atoms with Gasteiger partial charge in [-0.15, -0.1) is 0 Å². The lowest BCUT2D eigenvalue weighted by molar-refractivity contribution is 0.414. The summed E-state index contributed by atoms with van der Waals surface area (Å²) < 4.78 is 29.3. The van der Waals surface area contributed by atoms with Gasteiger partial charge in [0.05, 0.1) is 17.7 Å². The summed E-state index contributed by atoms with van der Waals surface area (Å²) in [5.41, 5.74) is 0.622. The average Bonchev–Trinajstić information content (AvgIpc) is 2.55. The van der Waals surface area contributed by atoms with Gasteiger partial charge in [0.25, 0.3) is 10.0 Å². The molecule has 0 heterocycles. The third kappa shape index (κ3) is 4.14. The Bertz CT molecular complexity index is 833. The molecule has 0 aromatic heterocycles. The van der Waals surface area contributed by atoms with Crippen LogP contribution in [0.2, 0.25) is 5.02 Å². The smallest absolute Gasteiger partial charge is 0.276 e. The number of phenolic OH excluding ortho intramolecular Hbond substituents is 1. The van der Waals surface area contributed by atoms with E-state index in [1.807, 2.05) is 0 Å². The number of nitrogens with one attached hydrogen (secondary N) is 1. The largest absolute Gasteiger partial charge is 0.507 e. The molecule has 0 amide bonds. The maximum absolute atomic E-state index is 12.2. The van der Waals surface area contributed by atoms with Crippen LogP contribution in [-0.2, 0) is 10.0 Å². The van der Waals surface area contributed by atoms with Gasteiger partial charge in [-0.1, -0.05) is 11.6 Å². The Balaban J connectivity index is 2.24. The first-order valence-electron chi connectivity index (χ1n) is 6.52. The molecular weight excluding hydrogens is 340 g/mol. The summed E-state index contributed by atoms with van der Waals surface area (Å²) in [6.45, 7) is 1.56. The standard InChI is InChI=1S/C15H15ClN2O4S/c1-10(14-9-11(16)3-8-15(14)19)17-18-23(20,21)13-6-4-12(22-2)5-7-13/h3-9,18-19H,1-2H3/b17-10-. The van der Waals surface area contributed by atoms with Gasteiger partial charge in [-0.3, -0.25) is 0 Å². The van der Waals surface area contributed by atoms with E-state index < -0.39 is 10.0 Å². The zero-order valence-electron chi connectivity index (χ0n) is 12.4. The Morgan fingerprint density at radius 1 is 1.22 bits per heavy atom. The highest BCUT2D eigenvalue weighted by molar-refractivity contribution is 7.89. The first kappa shape index (κ1) is 17.1. The van der Waals surface area contributed by atoms with Crippen LogP contribution in [0.3, 0.4) is 0 Å². The van der Waals surface area contributed by atoms with Crippen molar-refractivity contribution in [2.75, 3.05) is 7.11 Å². The first-order chi connectivity index (χ1) is 10.8. The van der Waals surface area contributed by atoms with Crippen molar-refractivity contribution in [3.63, 3.8) is 0 Å². The molecule has 0 aliphatic heterocycles. The molecule has 0 unspecified atom stereocenters. The van der Waals surface area contributed by atoms with Crippen molar-refractivity contribution in [2.24, 2.45) is 5.10 Å². The minimum absolute atomic E-state index is 0.0423.